The Labute approximate surface area is 190 Å². The second kappa shape index (κ2) is 10.1. The van der Waals surface area contributed by atoms with Gasteiger partial charge in [-0.2, -0.15) is 0 Å². The van der Waals surface area contributed by atoms with Gasteiger partial charge in [-0.1, -0.05) is 66.9 Å². The van der Waals surface area contributed by atoms with Crippen molar-refractivity contribution in [1.29, 1.82) is 0 Å². The Kier molecular flexibility index (Phi) is 7.03. The molecule has 2 unspecified atom stereocenters. The summed E-state index contributed by atoms with van der Waals surface area (Å²) in [6.45, 7) is 2.18. The zero-order valence-electron chi connectivity index (χ0n) is 18.0. The zero-order valence-corrected chi connectivity index (χ0v) is 18.7. The van der Waals surface area contributed by atoms with Gasteiger partial charge in [0.25, 0.3) is 0 Å². The first-order valence-electron chi connectivity index (χ1n) is 11.2. The number of carbonyl (C=O) groups excluding carboxylic acids is 1. The van der Waals surface area contributed by atoms with Gasteiger partial charge in [0.15, 0.2) is 0 Å². The van der Waals surface area contributed by atoms with Crippen molar-refractivity contribution in [2.75, 3.05) is 4.90 Å². The van der Waals surface area contributed by atoms with E-state index in [1.54, 1.807) is 12.4 Å². The average Bonchev–Trinajstić information content (AvgIpc) is 3.35. The van der Waals surface area contributed by atoms with Crippen LogP contribution in [0.5, 0.6) is 0 Å². The fraction of sp³-hybridized carbons (Fsp3) is 0.333. The van der Waals surface area contributed by atoms with Crippen LogP contribution in [-0.4, -0.2) is 16.9 Å². The second-order valence-corrected chi connectivity index (χ2v) is 8.92. The highest BCUT2D eigenvalue weighted by atomic mass is 35.5. The number of hydrogen-bond acceptors (Lipinski definition) is 2. The Morgan fingerprint density at radius 1 is 1.00 bits per heavy atom. The first-order valence-corrected chi connectivity index (χ1v) is 11.5. The van der Waals surface area contributed by atoms with E-state index in [9.17, 15) is 4.79 Å². The summed E-state index contributed by atoms with van der Waals surface area (Å²) in [6, 6.07) is 22.5. The van der Waals surface area contributed by atoms with Crippen molar-refractivity contribution in [3.63, 3.8) is 0 Å². The van der Waals surface area contributed by atoms with E-state index in [4.69, 9.17) is 11.6 Å². The summed E-state index contributed by atoms with van der Waals surface area (Å²) >= 11 is 6.11. The monoisotopic (exact) mass is 432 g/mol. The lowest BCUT2D eigenvalue weighted by Gasteiger charge is -2.37. The van der Waals surface area contributed by atoms with E-state index in [1.165, 1.54) is 11.1 Å². The number of rotatable bonds is 7. The molecule has 4 heteroatoms. The van der Waals surface area contributed by atoms with E-state index in [0.717, 1.165) is 42.8 Å². The number of amides is 1. The van der Waals surface area contributed by atoms with Crippen molar-refractivity contribution in [3.8, 4) is 0 Å². The molecule has 1 fully saturated rings. The molecule has 2 atom stereocenters. The van der Waals surface area contributed by atoms with Gasteiger partial charge in [0.2, 0.25) is 5.91 Å². The van der Waals surface area contributed by atoms with Crippen LogP contribution in [0.1, 0.15) is 49.7 Å². The van der Waals surface area contributed by atoms with Gasteiger partial charge in [-0.05, 0) is 61.6 Å². The van der Waals surface area contributed by atoms with Gasteiger partial charge in [0, 0.05) is 41.0 Å². The van der Waals surface area contributed by atoms with Crippen LogP contribution < -0.4 is 4.90 Å². The molecule has 0 saturated heterocycles. The Morgan fingerprint density at radius 3 is 2.29 bits per heavy atom. The first-order chi connectivity index (χ1) is 15.1. The van der Waals surface area contributed by atoms with Gasteiger partial charge in [-0.15, -0.1) is 0 Å². The molecular weight excluding hydrogens is 404 g/mol. The Bertz CT molecular complexity index is 969. The van der Waals surface area contributed by atoms with Crippen LogP contribution in [0.25, 0.3) is 0 Å². The lowest BCUT2D eigenvalue weighted by Crippen LogP contribution is -2.45. The number of anilines is 1. The van der Waals surface area contributed by atoms with Crippen molar-refractivity contribution in [2.24, 2.45) is 5.92 Å². The van der Waals surface area contributed by atoms with Crippen molar-refractivity contribution in [1.82, 2.24) is 4.98 Å². The lowest BCUT2D eigenvalue weighted by atomic mass is 9.85. The minimum Gasteiger partial charge on any atom is -0.309 e. The molecule has 160 valence electrons. The molecule has 0 aliphatic heterocycles. The summed E-state index contributed by atoms with van der Waals surface area (Å²) in [5, 5.41) is 0.739. The molecule has 3 nitrogen and oxygen atoms in total. The van der Waals surface area contributed by atoms with Crippen molar-refractivity contribution >= 4 is 23.2 Å². The van der Waals surface area contributed by atoms with Gasteiger partial charge in [0.1, 0.15) is 0 Å². The molecule has 31 heavy (non-hydrogen) atoms. The molecule has 1 amide bonds. The third-order valence-corrected chi connectivity index (χ3v) is 6.72. The SMILES string of the molecule is CC(C(Cc1ccc(Cl)cc1)c1ccccc1)N(C(=O)C1CCCC1)c1ccncc1. The predicted octanol–water partition coefficient (Wildman–Crippen LogP) is 6.67. The van der Waals surface area contributed by atoms with Crippen LogP contribution in [0.3, 0.4) is 0 Å². The molecule has 0 spiro atoms. The number of carbonyl (C=O) groups is 1. The van der Waals surface area contributed by atoms with Gasteiger partial charge >= 0.3 is 0 Å². The van der Waals surface area contributed by atoms with Crippen LogP contribution in [0.4, 0.5) is 5.69 Å². The van der Waals surface area contributed by atoms with Gasteiger partial charge < -0.3 is 4.90 Å². The van der Waals surface area contributed by atoms with Crippen molar-refractivity contribution < 1.29 is 4.79 Å². The fourth-order valence-electron chi connectivity index (χ4n) is 4.76. The van der Waals surface area contributed by atoms with E-state index in [2.05, 4.69) is 48.3 Å². The van der Waals surface area contributed by atoms with E-state index in [-0.39, 0.29) is 23.8 Å². The summed E-state index contributed by atoms with van der Waals surface area (Å²) in [5.41, 5.74) is 3.38. The quantitative estimate of drug-likeness (QED) is 0.417. The van der Waals surface area contributed by atoms with Gasteiger partial charge in [0.05, 0.1) is 0 Å². The average molecular weight is 433 g/mol. The number of benzene rings is 2. The summed E-state index contributed by atoms with van der Waals surface area (Å²) in [7, 11) is 0. The molecule has 3 aromatic rings. The van der Waals surface area contributed by atoms with E-state index in [1.807, 2.05) is 35.2 Å². The van der Waals surface area contributed by atoms with Crippen LogP contribution in [0.15, 0.2) is 79.1 Å². The molecule has 1 aromatic heterocycles. The Balaban J connectivity index is 1.71. The zero-order chi connectivity index (χ0) is 21.6. The largest absolute Gasteiger partial charge is 0.309 e. The number of nitrogens with zero attached hydrogens (tertiary/aromatic N) is 2. The minimum atomic E-state index is -0.00595. The van der Waals surface area contributed by atoms with E-state index in [0.29, 0.717) is 0 Å². The highest BCUT2D eigenvalue weighted by Crippen LogP contribution is 2.35. The summed E-state index contributed by atoms with van der Waals surface area (Å²) in [6.07, 6.45) is 8.63. The molecule has 1 aliphatic rings. The second-order valence-electron chi connectivity index (χ2n) is 8.48. The van der Waals surface area contributed by atoms with Gasteiger partial charge in [-0.3, -0.25) is 9.78 Å². The molecule has 2 aromatic carbocycles. The lowest BCUT2D eigenvalue weighted by molar-refractivity contribution is -0.122. The first kappa shape index (κ1) is 21.6. The molecule has 0 radical (unpaired) electrons. The number of aromatic nitrogens is 1. The number of pyridine rings is 1. The van der Waals surface area contributed by atoms with Crippen LogP contribution in [0, 0.1) is 5.92 Å². The molecule has 1 aliphatic carbocycles. The number of halogens is 1. The maximum absolute atomic E-state index is 13.7. The van der Waals surface area contributed by atoms with Crippen LogP contribution in [0.2, 0.25) is 5.02 Å². The summed E-state index contributed by atoms with van der Waals surface area (Å²) < 4.78 is 0. The standard InChI is InChI=1S/C27H29ClN2O/c1-20(30(25-15-17-29-18-16-25)27(31)23-9-5-6-10-23)26(22-7-3-2-4-8-22)19-21-11-13-24(28)14-12-21/h2-4,7-8,11-18,20,23,26H,5-6,9-10,19H2,1H3. The Morgan fingerprint density at radius 2 is 1.65 bits per heavy atom. The smallest absolute Gasteiger partial charge is 0.230 e. The highest BCUT2D eigenvalue weighted by Gasteiger charge is 2.34. The van der Waals surface area contributed by atoms with Crippen molar-refractivity contribution in [3.05, 3.63) is 95.3 Å². The molecule has 0 bridgehead atoms. The third kappa shape index (κ3) is 5.16. The normalized spacial score (nSPS) is 16.1. The van der Waals surface area contributed by atoms with Crippen LogP contribution >= 0.6 is 11.6 Å². The van der Waals surface area contributed by atoms with Gasteiger partial charge in [-0.25, -0.2) is 0 Å². The topological polar surface area (TPSA) is 33.2 Å². The molecule has 0 N–H and O–H groups in total. The number of hydrogen-bond donors (Lipinski definition) is 0. The molecule has 4 rings (SSSR count). The molecule has 1 saturated carbocycles. The fourth-order valence-corrected chi connectivity index (χ4v) is 4.88. The van der Waals surface area contributed by atoms with Crippen LogP contribution in [-0.2, 0) is 11.2 Å². The maximum atomic E-state index is 13.7. The predicted molar refractivity (Wildman–Crippen MR) is 127 cm³/mol. The molecular formula is C27H29ClN2O. The molecule has 1 heterocycles. The van der Waals surface area contributed by atoms with E-state index < -0.39 is 0 Å². The summed E-state index contributed by atoms with van der Waals surface area (Å²) in [5.74, 6) is 0.511. The minimum absolute atomic E-state index is 0.00595. The van der Waals surface area contributed by atoms with E-state index >= 15 is 0 Å². The van der Waals surface area contributed by atoms with Crippen molar-refractivity contribution in [2.45, 2.75) is 51.0 Å². The Hall–Kier alpha value is -2.65. The maximum Gasteiger partial charge on any atom is 0.230 e. The summed E-state index contributed by atoms with van der Waals surface area (Å²) in [4.78, 5) is 19.9. The highest BCUT2D eigenvalue weighted by molar-refractivity contribution is 6.30. The third-order valence-electron chi connectivity index (χ3n) is 6.47.